The first-order chi connectivity index (χ1) is 13.1. The predicted molar refractivity (Wildman–Crippen MR) is 103 cm³/mol. The summed E-state index contributed by atoms with van der Waals surface area (Å²) in [4.78, 5) is 25.0. The molecule has 7 heteroatoms. The highest BCUT2D eigenvalue weighted by Crippen LogP contribution is 2.13. The minimum atomic E-state index is -0.499. The summed E-state index contributed by atoms with van der Waals surface area (Å²) >= 11 is 0. The van der Waals surface area contributed by atoms with Crippen LogP contribution in [0.15, 0.2) is 58.4 Å². The molecule has 0 bridgehead atoms. The van der Waals surface area contributed by atoms with E-state index in [0.717, 1.165) is 12.0 Å². The molecule has 0 saturated carbocycles. The lowest BCUT2D eigenvalue weighted by Crippen LogP contribution is -2.29. The molecule has 0 saturated heterocycles. The van der Waals surface area contributed by atoms with Crippen LogP contribution in [0.25, 0.3) is 10.8 Å². The fourth-order valence-electron chi connectivity index (χ4n) is 2.63. The van der Waals surface area contributed by atoms with Crippen molar-refractivity contribution in [1.29, 1.82) is 5.26 Å². The average molecular weight is 359 g/mol. The first kappa shape index (κ1) is 18.0. The zero-order chi connectivity index (χ0) is 19.2. The van der Waals surface area contributed by atoms with Crippen molar-refractivity contribution >= 4 is 22.9 Å². The van der Waals surface area contributed by atoms with Crippen LogP contribution in [0.1, 0.15) is 35.0 Å². The lowest BCUT2D eigenvalue weighted by atomic mass is 10.1. The highest BCUT2D eigenvalue weighted by Gasteiger charge is 2.15. The Morgan fingerprint density at radius 2 is 1.93 bits per heavy atom. The fraction of sp³-hybridized carbons (Fsp3) is 0.150. The second-order valence-corrected chi connectivity index (χ2v) is 5.86. The Morgan fingerprint density at radius 1 is 1.22 bits per heavy atom. The highest BCUT2D eigenvalue weighted by atomic mass is 16.2. The average Bonchev–Trinajstić information content (AvgIpc) is 2.70. The van der Waals surface area contributed by atoms with Gasteiger partial charge in [0.2, 0.25) is 0 Å². The van der Waals surface area contributed by atoms with Crippen LogP contribution in [-0.4, -0.2) is 21.9 Å². The van der Waals surface area contributed by atoms with E-state index in [2.05, 4.69) is 15.6 Å². The molecule has 3 rings (SSSR count). The molecule has 0 unspecified atom stereocenters. The first-order valence-corrected chi connectivity index (χ1v) is 8.47. The van der Waals surface area contributed by atoms with E-state index in [1.165, 1.54) is 10.9 Å². The van der Waals surface area contributed by atoms with E-state index in [-0.39, 0.29) is 11.3 Å². The molecular weight excluding hydrogens is 342 g/mol. The van der Waals surface area contributed by atoms with Crippen molar-refractivity contribution in [2.75, 3.05) is 0 Å². The van der Waals surface area contributed by atoms with Crippen LogP contribution in [0.2, 0.25) is 0 Å². The SMILES string of the molecule is CCCn1nc(C(=O)N/N=C\c2ccc(C#N)cc2)c2ccccc2c1=O. The summed E-state index contributed by atoms with van der Waals surface area (Å²) in [6.45, 7) is 2.36. The number of nitrogens with one attached hydrogen (secondary N) is 1. The summed E-state index contributed by atoms with van der Waals surface area (Å²) in [6, 6.07) is 15.7. The Morgan fingerprint density at radius 3 is 2.59 bits per heavy atom. The third-order valence-electron chi connectivity index (χ3n) is 3.94. The monoisotopic (exact) mass is 359 g/mol. The van der Waals surface area contributed by atoms with Gasteiger partial charge in [-0.3, -0.25) is 9.59 Å². The molecule has 0 spiro atoms. The summed E-state index contributed by atoms with van der Waals surface area (Å²) in [5, 5.41) is 17.9. The van der Waals surface area contributed by atoms with Crippen LogP contribution in [0.5, 0.6) is 0 Å². The number of benzene rings is 2. The minimum Gasteiger partial charge on any atom is -0.267 e. The molecular formula is C20H17N5O2. The molecule has 0 aliphatic rings. The summed E-state index contributed by atoms with van der Waals surface area (Å²) in [5.74, 6) is -0.499. The van der Waals surface area contributed by atoms with E-state index in [9.17, 15) is 9.59 Å². The minimum absolute atomic E-state index is 0.149. The summed E-state index contributed by atoms with van der Waals surface area (Å²) in [7, 11) is 0. The molecule has 0 fully saturated rings. The van der Waals surface area contributed by atoms with Gasteiger partial charge >= 0.3 is 0 Å². The number of rotatable bonds is 5. The summed E-state index contributed by atoms with van der Waals surface area (Å²) < 4.78 is 1.31. The smallest absolute Gasteiger partial charge is 0.267 e. The first-order valence-electron chi connectivity index (χ1n) is 8.47. The largest absolute Gasteiger partial charge is 0.292 e. The number of hydrogen-bond acceptors (Lipinski definition) is 5. The Kier molecular flexibility index (Phi) is 5.38. The third-order valence-corrected chi connectivity index (χ3v) is 3.94. The van der Waals surface area contributed by atoms with Gasteiger partial charge in [-0.1, -0.05) is 37.3 Å². The van der Waals surface area contributed by atoms with Gasteiger partial charge in [0.1, 0.15) is 0 Å². The summed E-state index contributed by atoms with van der Waals surface area (Å²) in [6.07, 6.45) is 2.20. The maximum Gasteiger partial charge on any atom is 0.292 e. The van der Waals surface area contributed by atoms with E-state index in [1.54, 1.807) is 48.5 Å². The number of aryl methyl sites for hydroxylation is 1. The molecule has 2 aromatic carbocycles. The molecule has 1 aromatic heterocycles. The Hall–Kier alpha value is -3.79. The zero-order valence-corrected chi connectivity index (χ0v) is 14.7. The maximum atomic E-state index is 12.6. The van der Waals surface area contributed by atoms with Gasteiger partial charge < -0.3 is 0 Å². The van der Waals surface area contributed by atoms with Crippen molar-refractivity contribution in [3.8, 4) is 6.07 Å². The Bertz CT molecular complexity index is 1110. The Balaban J connectivity index is 1.88. The van der Waals surface area contributed by atoms with E-state index in [0.29, 0.717) is 22.9 Å². The second kappa shape index (κ2) is 8.06. The third kappa shape index (κ3) is 3.90. The van der Waals surface area contributed by atoms with Crippen LogP contribution < -0.4 is 11.0 Å². The molecule has 3 aromatic rings. The zero-order valence-electron chi connectivity index (χ0n) is 14.7. The van der Waals surface area contributed by atoms with Gasteiger partial charge in [-0.25, -0.2) is 10.1 Å². The number of hydrazone groups is 1. The molecule has 1 N–H and O–H groups in total. The second-order valence-electron chi connectivity index (χ2n) is 5.86. The van der Waals surface area contributed by atoms with Crippen LogP contribution in [0.3, 0.4) is 0 Å². The van der Waals surface area contributed by atoms with E-state index >= 15 is 0 Å². The van der Waals surface area contributed by atoms with Crippen LogP contribution >= 0.6 is 0 Å². The van der Waals surface area contributed by atoms with Crippen molar-refractivity contribution in [3.63, 3.8) is 0 Å². The van der Waals surface area contributed by atoms with Crippen molar-refractivity contribution in [1.82, 2.24) is 15.2 Å². The number of carbonyl (C=O) groups is 1. The number of fused-ring (bicyclic) bond motifs is 1. The molecule has 27 heavy (non-hydrogen) atoms. The number of amides is 1. The van der Waals surface area contributed by atoms with Crippen LogP contribution in [0.4, 0.5) is 0 Å². The van der Waals surface area contributed by atoms with E-state index < -0.39 is 5.91 Å². The van der Waals surface area contributed by atoms with Crippen molar-refractivity contribution in [2.45, 2.75) is 19.9 Å². The number of nitriles is 1. The lowest BCUT2D eigenvalue weighted by Gasteiger charge is -2.09. The van der Waals surface area contributed by atoms with Gasteiger partial charge in [-0.05, 0) is 30.2 Å². The molecule has 0 atom stereocenters. The molecule has 0 aliphatic heterocycles. The van der Waals surface area contributed by atoms with Gasteiger partial charge in [0, 0.05) is 11.9 Å². The summed E-state index contributed by atoms with van der Waals surface area (Å²) in [5.41, 5.74) is 3.66. The maximum absolute atomic E-state index is 12.6. The van der Waals surface area contributed by atoms with Crippen LogP contribution in [-0.2, 0) is 6.54 Å². The molecule has 134 valence electrons. The Labute approximate surface area is 155 Å². The number of aromatic nitrogens is 2. The number of hydrogen-bond donors (Lipinski definition) is 1. The van der Waals surface area contributed by atoms with Gasteiger partial charge in [-0.15, -0.1) is 0 Å². The van der Waals surface area contributed by atoms with Gasteiger partial charge in [0.15, 0.2) is 5.69 Å². The topological polar surface area (TPSA) is 100 Å². The number of nitrogens with zero attached hydrogens (tertiary/aromatic N) is 4. The molecule has 1 amide bonds. The molecule has 1 heterocycles. The van der Waals surface area contributed by atoms with Crippen molar-refractivity contribution < 1.29 is 4.79 Å². The lowest BCUT2D eigenvalue weighted by molar-refractivity contribution is 0.0949. The van der Waals surface area contributed by atoms with Gasteiger partial charge in [0.05, 0.1) is 23.2 Å². The standard InChI is InChI=1S/C20H17N5O2/c1-2-11-25-20(27)17-6-4-3-5-16(17)18(24-25)19(26)23-22-13-15-9-7-14(12-21)8-10-15/h3-10,13H,2,11H2,1H3,(H,23,26)/b22-13-. The van der Waals surface area contributed by atoms with E-state index in [4.69, 9.17) is 5.26 Å². The molecule has 0 radical (unpaired) electrons. The normalized spacial score (nSPS) is 10.8. The van der Waals surface area contributed by atoms with Gasteiger partial charge in [-0.2, -0.15) is 15.5 Å². The quantitative estimate of drug-likeness (QED) is 0.558. The number of carbonyl (C=O) groups excluding carboxylic acids is 1. The fourth-order valence-corrected chi connectivity index (χ4v) is 2.63. The predicted octanol–water partition coefficient (Wildman–Crippen LogP) is 2.44. The van der Waals surface area contributed by atoms with Crippen LogP contribution in [0, 0.1) is 11.3 Å². The van der Waals surface area contributed by atoms with Crippen molar-refractivity contribution in [3.05, 3.63) is 75.7 Å². The highest BCUT2D eigenvalue weighted by molar-refractivity contribution is 6.04. The van der Waals surface area contributed by atoms with Gasteiger partial charge in [0.25, 0.3) is 11.5 Å². The van der Waals surface area contributed by atoms with Crippen molar-refractivity contribution in [2.24, 2.45) is 5.10 Å². The molecule has 7 nitrogen and oxygen atoms in total. The van der Waals surface area contributed by atoms with E-state index in [1.807, 2.05) is 13.0 Å². The molecule has 0 aliphatic carbocycles.